The maximum Gasteiger partial charge on any atom is 1.00 e. The summed E-state index contributed by atoms with van der Waals surface area (Å²) in [7, 11) is 1.08. The molecule has 0 fully saturated rings. The van der Waals surface area contributed by atoms with Crippen LogP contribution < -0.4 is 25.4 Å². The molecular weight excluding hydrogens is 483 g/mol. The number of hydrogen-bond donors (Lipinski definition) is 1. The summed E-state index contributed by atoms with van der Waals surface area (Å²) in [5.74, 6) is 1.35. The van der Waals surface area contributed by atoms with E-state index in [1.165, 1.54) is 15.9 Å². The van der Waals surface area contributed by atoms with Crippen LogP contribution in [0.1, 0.15) is 6.99 Å². The zero-order valence-corrected chi connectivity index (χ0v) is 20.7. The minimum atomic E-state index is -2.11. The molecule has 0 aliphatic heterocycles. The first-order valence-corrected chi connectivity index (χ1v) is 12.1. The molecule has 0 amide bonds. The molecule has 4 rings (SSSR count). The number of aromatic hydroxyl groups is 1. The second kappa shape index (κ2) is 10.7. The zero-order valence-electron chi connectivity index (χ0n) is 19.1. The van der Waals surface area contributed by atoms with Crippen molar-refractivity contribution in [2.45, 2.75) is 6.16 Å². The lowest BCUT2D eigenvalue weighted by molar-refractivity contribution is 0.350. The van der Waals surface area contributed by atoms with Crippen molar-refractivity contribution in [3.8, 4) is 17.2 Å². The van der Waals surface area contributed by atoms with Gasteiger partial charge in [0.1, 0.15) is 35.1 Å². The fourth-order valence-corrected chi connectivity index (χ4v) is 8.31. The summed E-state index contributed by atoms with van der Waals surface area (Å²) in [6.45, 7) is 0. The predicted molar refractivity (Wildman–Crippen MR) is 141 cm³/mol. The normalized spacial score (nSPS) is 10.8. The summed E-state index contributed by atoms with van der Waals surface area (Å²) in [6.07, 6.45) is 0.664. The first kappa shape index (κ1) is 23.8. The third-order valence-corrected chi connectivity index (χ3v) is 9.94. The van der Waals surface area contributed by atoms with Crippen molar-refractivity contribution in [3.05, 3.63) is 109 Å². The lowest BCUT2D eigenvalue weighted by Gasteiger charge is -2.28. The van der Waals surface area contributed by atoms with Gasteiger partial charge in [0.25, 0.3) is 0 Å². The molecule has 4 aromatic carbocycles. The first-order chi connectivity index (χ1) is 15.2. The van der Waals surface area contributed by atoms with Gasteiger partial charge in [-0.25, -0.2) is 0 Å². The van der Waals surface area contributed by atoms with Crippen molar-refractivity contribution in [2.24, 2.45) is 0 Å². The largest absolute Gasteiger partial charge is 1.00 e. The maximum absolute atomic E-state index is 10.9. The van der Waals surface area contributed by atoms with Crippen molar-refractivity contribution in [1.29, 1.82) is 0 Å². The van der Waals surface area contributed by atoms with E-state index in [4.69, 9.17) is 9.47 Å². The Morgan fingerprint density at radius 3 is 1.41 bits per heavy atom. The number of rotatable bonds is 7. The van der Waals surface area contributed by atoms with E-state index < -0.39 is 7.26 Å². The highest BCUT2D eigenvalue weighted by Crippen LogP contribution is 2.59. The summed E-state index contributed by atoms with van der Waals surface area (Å²) in [5.41, 5.74) is 0.836. The summed E-state index contributed by atoms with van der Waals surface area (Å²) < 4.78 is 10.9. The quantitative estimate of drug-likeness (QED) is 0.329. The monoisotopic (exact) mass is 510 g/mol. The van der Waals surface area contributed by atoms with Gasteiger partial charge in [0.05, 0.1) is 14.2 Å². The minimum absolute atomic E-state index is 0. The van der Waals surface area contributed by atoms with Crippen LogP contribution in [-0.2, 0) is 6.16 Å². The van der Waals surface area contributed by atoms with E-state index in [1.807, 2.05) is 24.3 Å². The maximum atomic E-state index is 10.9. The lowest BCUT2D eigenvalue weighted by atomic mass is 10.2. The molecule has 0 spiro atoms. The summed E-state index contributed by atoms with van der Waals surface area (Å²) in [6, 6.07) is 35.4. The van der Waals surface area contributed by atoms with E-state index in [1.54, 1.807) is 20.3 Å². The molecule has 0 unspecified atom stereocenters. The van der Waals surface area contributed by atoms with Crippen LogP contribution in [0.25, 0.3) is 0 Å². The summed E-state index contributed by atoms with van der Waals surface area (Å²) in [5, 5.41) is 14.7. The molecule has 0 heterocycles. The predicted octanol–water partition coefficient (Wildman–Crippen LogP) is 5.59. The lowest BCUT2D eigenvalue weighted by Crippen LogP contribution is -2.32. The zero-order chi connectivity index (χ0) is 21.7. The fraction of sp³-hybridized carbons (Fsp3) is 0.111. The second-order valence-electron chi connectivity index (χ2n) is 7.31. The number of phenols is 1. The third kappa shape index (κ3) is 4.53. The molecule has 0 aliphatic carbocycles. The van der Waals surface area contributed by atoms with E-state index in [0.717, 1.165) is 5.56 Å². The fourth-order valence-electron chi connectivity index (χ4n) is 4.06. The van der Waals surface area contributed by atoms with Crippen LogP contribution in [0.2, 0.25) is 0 Å². The highest BCUT2D eigenvalue weighted by atomic mass is 79.9. The highest BCUT2D eigenvalue weighted by molar-refractivity contribution is 8.93. The smallest absolute Gasteiger partial charge is 0.507 e. The van der Waals surface area contributed by atoms with Crippen LogP contribution in [0, 0.1) is 0 Å². The molecule has 0 bridgehead atoms. The Morgan fingerprint density at radius 1 is 0.656 bits per heavy atom. The van der Waals surface area contributed by atoms with Gasteiger partial charge in [-0.3, -0.25) is 0 Å². The van der Waals surface area contributed by atoms with Crippen LogP contribution in [0.3, 0.4) is 0 Å². The number of benzene rings is 4. The van der Waals surface area contributed by atoms with Crippen LogP contribution in [0.15, 0.2) is 103 Å². The molecule has 1 N–H and O–H groups in total. The number of halogens is 1. The second-order valence-corrected chi connectivity index (χ2v) is 10.8. The van der Waals surface area contributed by atoms with Crippen LogP contribution in [-0.4, -0.2) is 19.3 Å². The molecule has 0 saturated heterocycles. The Bertz CT molecular complexity index is 1050. The van der Waals surface area contributed by atoms with E-state index in [2.05, 4.69) is 72.8 Å². The SMILES string of the molecule is Br.COc1cc(O)c(C[P+](c2ccccc2)(c2ccccc2)c2ccccc2)cc1OC.[H+]. The van der Waals surface area contributed by atoms with Crippen molar-refractivity contribution in [3.63, 3.8) is 0 Å². The van der Waals surface area contributed by atoms with Crippen molar-refractivity contribution < 1.29 is 16.0 Å². The summed E-state index contributed by atoms with van der Waals surface area (Å²) in [4.78, 5) is 0. The Morgan fingerprint density at radius 2 is 1.03 bits per heavy atom. The average molecular weight is 511 g/mol. The van der Waals surface area contributed by atoms with E-state index >= 15 is 0 Å². The first-order valence-electron chi connectivity index (χ1n) is 10.2. The molecular formula is C27H28BrO3P+2. The van der Waals surface area contributed by atoms with Crippen LogP contribution in [0.4, 0.5) is 0 Å². The van der Waals surface area contributed by atoms with Crippen LogP contribution >= 0.6 is 24.2 Å². The average Bonchev–Trinajstić information content (AvgIpc) is 2.84. The Kier molecular flexibility index (Phi) is 7.95. The molecule has 0 aromatic heterocycles. The molecule has 0 saturated carbocycles. The highest BCUT2D eigenvalue weighted by Gasteiger charge is 2.46. The molecule has 32 heavy (non-hydrogen) atoms. The Balaban J connectivity index is 0.00000193. The standard InChI is InChI=1S/C27H25O3P.BrH/c1-29-26-18-21(25(28)19-27(26)30-2)20-31(22-12-6-3-7-13-22,23-14-8-4-9-15-23)24-16-10-5-11-17-24;/h3-19H,20H2,1-2H3;1H/p+2. The van der Waals surface area contributed by atoms with Gasteiger partial charge in [-0.1, -0.05) is 54.6 Å². The van der Waals surface area contributed by atoms with E-state index in [0.29, 0.717) is 17.7 Å². The van der Waals surface area contributed by atoms with Gasteiger partial charge in [-0.15, -0.1) is 17.0 Å². The number of methoxy groups -OCH3 is 2. The molecule has 4 aromatic rings. The third-order valence-electron chi connectivity index (χ3n) is 5.58. The van der Waals surface area contributed by atoms with Crippen molar-refractivity contribution in [1.82, 2.24) is 0 Å². The number of ether oxygens (including phenoxy) is 2. The van der Waals surface area contributed by atoms with Crippen molar-refractivity contribution >= 4 is 40.2 Å². The molecule has 0 radical (unpaired) electrons. The minimum Gasteiger partial charge on any atom is -0.507 e. The van der Waals surface area contributed by atoms with Gasteiger partial charge in [-0.2, -0.15) is 0 Å². The van der Waals surface area contributed by atoms with Gasteiger partial charge in [0, 0.05) is 11.6 Å². The molecule has 164 valence electrons. The Hall–Kier alpha value is -2.81. The molecule has 0 aliphatic rings. The van der Waals surface area contributed by atoms with Crippen molar-refractivity contribution in [2.75, 3.05) is 14.2 Å². The molecule has 5 heteroatoms. The van der Waals surface area contributed by atoms with Gasteiger partial charge in [0.2, 0.25) is 0 Å². The number of hydrogen-bond acceptors (Lipinski definition) is 3. The van der Waals surface area contributed by atoms with Gasteiger partial charge in [0.15, 0.2) is 11.5 Å². The topological polar surface area (TPSA) is 38.7 Å². The molecule has 0 atom stereocenters. The van der Waals surface area contributed by atoms with E-state index in [9.17, 15) is 5.11 Å². The Labute approximate surface area is 202 Å². The van der Waals surface area contributed by atoms with Gasteiger partial charge in [-0.05, 0) is 42.5 Å². The molecule has 3 nitrogen and oxygen atoms in total. The van der Waals surface area contributed by atoms with Crippen LogP contribution in [0.5, 0.6) is 17.2 Å². The summed E-state index contributed by atoms with van der Waals surface area (Å²) >= 11 is 0. The number of phenolic OH excluding ortho intramolecular Hbond substituents is 1. The van der Waals surface area contributed by atoms with E-state index in [-0.39, 0.29) is 24.2 Å². The van der Waals surface area contributed by atoms with Gasteiger partial charge < -0.3 is 14.6 Å². The van der Waals surface area contributed by atoms with Gasteiger partial charge >= 0.3 is 1.43 Å².